The van der Waals surface area contributed by atoms with Crippen molar-refractivity contribution in [3.05, 3.63) is 58.6 Å². The van der Waals surface area contributed by atoms with E-state index in [1.165, 1.54) is 42.5 Å². The summed E-state index contributed by atoms with van der Waals surface area (Å²) in [4.78, 5) is 34.5. The molecule has 0 radical (unpaired) electrons. The number of esters is 1. The van der Waals surface area contributed by atoms with Gasteiger partial charge >= 0.3 is 11.9 Å². The third kappa shape index (κ3) is 4.47. The number of halogens is 1. The van der Waals surface area contributed by atoms with E-state index in [9.17, 15) is 14.4 Å². The second-order valence-electron chi connectivity index (χ2n) is 4.75. The minimum Gasteiger partial charge on any atom is -0.478 e. The molecule has 0 aromatic heterocycles. The molecule has 0 bridgehead atoms. The molecule has 0 saturated heterocycles. The van der Waals surface area contributed by atoms with Gasteiger partial charge in [0, 0.05) is 11.4 Å². The molecule has 2 rings (SSSR count). The number of ether oxygens (including phenoxy) is 1. The van der Waals surface area contributed by atoms with E-state index in [4.69, 9.17) is 27.2 Å². The molecular weight excluding hydrogens is 336 g/mol. The number of carbonyl (C=O) groups excluding carboxylic acids is 2. The van der Waals surface area contributed by atoms with Crippen molar-refractivity contribution >= 4 is 40.8 Å². The Kier molecular flexibility index (Phi) is 5.39. The predicted octanol–water partition coefficient (Wildman–Crippen LogP) is 2.42. The Hall–Kier alpha value is -3.06. The van der Waals surface area contributed by atoms with E-state index in [1.807, 2.05) is 0 Å². The maximum Gasteiger partial charge on any atom is 0.338 e. The van der Waals surface area contributed by atoms with E-state index in [1.54, 1.807) is 0 Å². The molecule has 2 aromatic carbocycles. The van der Waals surface area contributed by atoms with Gasteiger partial charge in [-0.3, -0.25) is 4.79 Å². The van der Waals surface area contributed by atoms with Gasteiger partial charge in [0.2, 0.25) is 0 Å². The number of nitrogens with two attached hydrogens (primary N) is 1. The van der Waals surface area contributed by atoms with Crippen LogP contribution in [-0.2, 0) is 9.53 Å². The Bertz CT molecular complexity index is 790. The van der Waals surface area contributed by atoms with E-state index in [2.05, 4.69) is 5.32 Å². The molecule has 0 atom stereocenters. The van der Waals surface area contributed by atoms with Gasteiger partial charge in [0.15, 0.2) is 6.61 Å². The fraction of sp³-hybridized carbons (Fsp3) is 0.0625. The first-order valence-corrected chi connectivity index (χ1v) is 7.10. The zero-order chi connectivity index (χ0) is 17.7. The van der Waals surface area contributed by atoms with Crippen LogP contribution in [0.5, 0.6) is 0 Å². The van der Waals surface area contributed by atoms with Gasteiger partial charge in [0.1, 0.15) is 0 Å². The summed E-state index contributed by atoms with van der Waals surface area (Å²) in [5, 5.41) is 11.4. The number of carboxylic acids is 1. The molecular formula is C16H13ClN2O5. The SMILES string of the molecule is Nc1ccc(C(=O)OCC(=O)Nc2ccc(Cl)c(C(=O)O)c2)cc1. The summed E-state index contributed by atoms with van der Waals surface area (Å²) in [6, 6.07) is 10.0. The highest BCUT2D eigenvalue weighted by Crippen LogP contribution is 2.20. The number of aromatic carboxylic acids is 1. The van der Waals surface area contributed by atoms with Crippen LogP contribution in [0.2, 0.25) is 5.02 Å². The Balaban J connectivity index is 1.94. The van der Waals surface area contributed by atoms with Gasteiger partial charge in [-0.2, -0.15) is 0 Å². The lowest BCUT2D eigenvalue weighted by Crippen LogP contribution is -2.21. The van der Waals surface area contributed by atoms with Crippen LogP contribution in [0, 0.1) is 0 Å². The molecule has 8 heteroatoms. The number of amides is 1. The average Bonchev–Trinajstić information content (AvgIpc) is 2.55. The van der Waals surface area contributed by atoms with Gasteiger partial charge in [0.25, 0.3) is 5.91 Å². The summed E-state index contributed by atoms with van der Waals surface area (Å²) < 4.78 is 4.87. The maximum atomic E-state index is 11.8. The monoisotopic (exact) mass is 348 g/mol. The van der Waals surface area contributed by atoms with Crippen molar-refractivity contribution in [1.82, 2.24) is 0 Å². The lowest BCUT2D eigenvalue weighted by atomic mass is 10.2. The molecule has 7 nitrogen and oxygen atoms in total. The van der Waals surface area contributed by atoms with Crippen LogP contribution >= 0.6 is 11.6 Å². The largest absolute Gasteiger partial charge is 0.478 e. The average molecular weight is 349 g/mol. The Morgan fingerprint density at radius 1 is 1.12 bits per heavy atom. The topological polar surface area (TPSA) is 119 Å². The molecule has 2 aromatic rings. The van der Waals surface area contributed by atoms with Crippen LogP contribution in [0.15, 0.2) is 42.5 Å². The molecule has 0 saturated carbocycles. The molecule has 0 spiro atoms. The van der Waals surface area contributed by atoms with E-state index < -0.39 is 24.5 Å². The number of nitrogens with one attached hydrogen (secondary N) is 1. The summed E-state index contributed by atoms with van der Waals surface area (Å²) in [6.07, 6.45) is 0. The molecule has 0 aliphatic heterocycles. The van der Waals surface area contributed by atoms with Crippen molar-refractivity contribution in [1.29, 1.82) is 0 Å². The van der Waals surface area contributed by atoms with Gasteiger partial charge in [-0.1, -0.05) is 11.6 Å². The number of rotatable bonds is 5. The summed E-state index contributed by atoms with van der Waals surface area (Å²) >= 11 is 5.74. The number of hydrogen-bond donors (Lipinski definition) is 3. The van der Waals surface area contributed by atoms with Crippen molar-refractivity contribution in [2.45, 2.75) is 0 Å². The quantitative estimate of drug-likeness (QED) is 0.564. The number of carboxylic acid groups (broad SMARTS) is 1. The van der Waals surface area contributed by atoms with Gasteiger partial charge in [0.05, 0.1) is 16.1 Å². The maximum absolute atomic E-state index is 11.8. The molecule has 1 amide bonds. The van der Waals surface area contributed by atoms with E-state index in [-0.39, 0.29) is 21.8 Å². The highest BCUT2D eigenvalue weighted by atomic mass is 35.5. The molecule has 0 aliphatic carbocycles. The van der Waals surface area contributed by atoms with Crippen LogP contribution < -0.4 is 11.1 Å². The van der Waals surface area contributed by atoms with Crippen molar-refractivity contribution < 1.29 is 24.2 Å². The minimum atomic E-state index is -1.22. The van der Waals surface area contributed by atoms with Gasteiger partial charge in [-0.15, -0.1) is 0 Å². The molecule has 4 N–H and O–H groups in total. The first-order valence-electron chi connectivity index (χ1n) is 6.72. The van der Waals surface area contributed by atoms with E-state index >= 15 is 0 Å². The first-order chi connectivity index (χ1) is 11.4. The van der Waals surface area contributed by atoms with Crippen LogP contribution in [0.25, 0.3) is 0 Å². The predicted molar refractivity (Wildman–Crippen MR) is 88.2 cm³/mol. The Labute approximate surface area is 142 Å². The number of carbonyl (C=O) groups is 3. The van der Waals surface area contributed by atoms with E-state index in [0.29, 0.717) is 5.69 Å². The molecule has 124 valence electrons. The lowest BCUT2D eigenvalue weighted by molar-refractivity contribution is -0.119. The standard InChI is InChI=1S/C16H13ClN2O5/c17-13-6-5-11(7-12(13)15(21)22)19-14(20)8-24-16(23)9-1-3-10(18)4-2-9/h1-7H,8,18H2,(H,19,20)(H,21,22). The Morgan fingerprint density at radius 3 is 2.42 bits per heavy atom. The van der Waals surface area contributed by atoms with Crippen molar-refractivity contribution in [2.75, 3.05) is 17.7 Å². The minimum absolute atomic E-state index is 0.0512. The summed E-state index contributed by atoms with van der Waals surface area (Å²) in [6.45, 7) is -0.520. The number of hydrogen-bond acceptors (Lipinski definition) is 5. The van der Waals surface area contributed by atoms with Crippen molar-refractivity contribution in [2.24, 2.45) is 0 Å². The van der Waals surface area contributed by atoms with Crippen LogP contribution in [-0.4, -0.2) is 29.6 Å². The number of nitrogen functional groups attached to an aromatic ring is 1. The molecule has 24 heavy (non-hydrogen) atoms. The lowest BCUT2D eigenvalue weighted by Gasteiger charge is -2.08. The fourth-order valence-corrected chi connectivity index (χ4v) is 2.00. The fourth-order valence-electron chi connectivity index (χ4n) is 1.80. The first kappa shape index (κ1) is 17.3. The second kappa shape index (κ2) is 7.47. The summed E-state index contributed by atoms with van der Waals surface area (Å²) in [5.41, 5.74) is 6.36. The van der Waals surface area contributed by atoms with Crippen LogP contribution in [0.4, 0.5) is 11.4 Å². The number of benzene rings is 2. The number of anilines is 2. The zero-order valence-corrected chi connectivity index (χ0v) is 13.0. The second-order valence-corrected chi connectivity index (χ2v) is 5.15. The summed E-state index contributed by atoms with van der Waals surface area (Å²) in [5.74, 6) is -2.50. The molecule has 0 aliphatic rings. The molecule has 0 heterocycles. The van der Waals surface area contributed by atoms with Crippen LogP contribution in [0.1, 0.15) is 20.7 Å². The zero-order valence-electron chi connectivity index (χ0n) is 12.3. The summed E-state index contributed by atoms with van der Waals surface area (Å²) in [7, 11) is 0. The smallest absolute Gasteiger partial charge is 0.338 e. The van der Waals surface area contributed by atoms with E-state index in [0.717, 1.165) is 0 Å². The molecule has 0 unspecified atom stereocenters. The van der Waals surface area contributed by atoms with Gasteiger partial charge < -0.3 is 20.9 Å². The Morgan fingerprint density at radius 2 is 1.79 bits per heavy atom. The third-order valence-electron chi connectivity index (χ3n) is 2.96. The highest BCUT2D eigenvalue weighted by molar-refractivity contribution is 6.33. The van der Waals surface area contributed by atoms with Crippen LogP contribution in [0.3, 0.4) is 0 Å². The normalized spacial score (nSPS) is 10.0. The third-order valence-corrected chi connectivity index (χ3v) is 3.29. The van der Waals surface area contributed by atoms with Gasteiger partial charge in [-0.25, -0.2) is 9.59 Å². The highest BCUT2D eigenvalue weighted by Gasteiger charge is 2.13. The molecule has 0 fully saturated rings. The van der Waals surface area contributed by atoms with Gasteiger partial charge in [-0.05, 0) is 42.5 Å². The van der Waals surface area contributed by atoms with Crippen molar-refractivity contribution in [3.8, 4) is 0 Å². The van der Waals surface area contributed by atoms with Crippen molar-refractivity contribution in [3.63, 3.8) is 0 Å².